The number of ether oxygens (including phenoxy) is 2. The highest BCUT2D eigenvalue weighted by molar-refractivity contribution is 6.32. The summed E-state index contributed by atoms with van der Waals surface area (Å²) in [5.74, 6) is 0.0951. The van der Waals surface area contributed by atoms with E-state index in [0.717, 1.165) is 5.56 Å². The van der Waals surface area contributed by atoms with Gasteiger partial charge >= 0.3 is 5.97 Å². The molecule has 2 aromatic carbocycles. The van der Waals surface area contributed by atoms with E-state index in [1.165, 1.54) is 0 Å². The minimum Gasteiger partial charge on any atom is -0.490 e. The molecule has 27 heavy (non-hydrogen) atoms. The number of rotatable bonds is 11. The average molecular weight is 392 g/mol. The van der Waals surface area contributed by atoms with Gasteiger partial charge in [0, 0.05) is 13.0 Å². The molecule has 0 bridgehead atoms. The Balaban J connectivity index is 1.69. The van der Waals surface area contributed by atoms with Gasteiger partial charge in [-0.1, -0.05) is 35.9 Å². The fourth-order valence-corrected chi connectivity index (χ4v) is 2.51. The summed E-state index contributed by atoms with van der Waals surface area (Å²) in [4.78, 5) is 21.9. The molecule has 0 spiro atoms. The maximum Gasteiger partial charge on any atom is 0.303 e. The van der Waals surface area contributed by atoms with Gasteiger partial charge in [0.25, 0.3) is 0 Å². The predicted octanol–water partition coefficient (Wildman–Crippen LogP) is 3.32. The number of carboxylic acids is 1. The van der Waals surface area contributed by atoms with Crippen molar-refractivity contribution in [2.24, 2.45) is 0 Å². The van der Waals surface area contributed by atoms with Crippen LogP contribution in [-0.4, -0.2) is 36.7 Å². The maximum absolute atomic E-state index is 11.5. The molecule has 2 rings (SSSR count). The van der Waals surface area contributed by atoms with E-state index in [1.807, 2.05) is 36.4 Å². The van der Waals surface area contributed by atoms with Crippen molar-refractivity contribution < 1.29 is 24.2 Å². The first-order valence-electron chi connectivity index (χ1n) is 8.62. The number of nitrogens with one attached hydrogen (secondary N) is 1. The SMILES string of the molecule is O=C(O)CCC(=O)NCCc1cccc(OCCOc2ccccc2Cl)c1. The molecule has 0 saturated heterocycles. The molecule has 0 atom stereocenters. The third-order valence-corrected chi connectivity index (χ3v) is 3.96. The highest BCUT2D eigenvalue weighted by atomic mass is 35.5. The Morgan fingerprint density at radius 3 is 2.56 bits per heavy atom. The number of halogens is 1. The van der Waals surface area contributed by atoms with Gasteiger partial charge in [-0.25, -0.2) is 0 Å². The van der Waals surface area contributed by atoms with Crippen molar-refractivity contribution in [3.8, 4) is 11.5 Å². The Labute approximate surface area is 163 Å². The van der Waals surface area contributed by atoms with Crippen molar-refractivity contribution >= 4 is 23.5 Å². The zero-order chi connectivity index (χ0) is 19.5. The number of hydrogen-bond donors (Lipinski definition) is 2. The van der Waals surface area contributed by atoms with Gasteiger partial charge in [-0.05, 0) is 36.2 Å². The predicted molar refractivity (Wildman–Crippen MR) is 102 cm³/mol. The molecule has 1 amide bonds. The van der Waals surface area contributed by atoms with Crippen LogP contribution in [-0.2, 0) is 16.0 Å². The fraction of sp³-hybridized carbons (Fsp3) is 0.300. The Bertz CT molecular complexity index is 766. The van der Waals surface area contributed by atoms with Crippen LogP contribution in [0.1, 0.15) is 18.4 Å². The molecule has 0 fully saturated rings. The summed E-state index contributed by atoms with van der Waals surface area (Å²) in [5.41, 5.74) is 1.01. The summed E-state index contributed by atoms with van der Waals surface area (Å²) in [5, 5.41) is 11.8. The summed E-state index contributed by atoms with van der Waals surface area (Å²) in [6.07, 6.45) is 0.460. The van der Waals surface area contributed by atoms with Crippen molar-refractivity contribution in [1.82, 2.24) is 5.32 Å². The summed E-state index contributed by atoms with van der Waals surface area (Å²) < 4.78 is 11.3. The van der Waals surface area contributed by atoms with Crippen LogP contribution in [0.4, 0.5) is 0 Å². The molecular weight excluding hydrogens is 370 g/mol. The largest absolute Gasteiger partial charge is 0.490 e. The number of carbonyl (C=O) groups is 2. The van der Waals surface area contributed by atoms with Crippen molar-refractivity contribution in [2.45, 2.75) is 19.3 Å². The summed E-state index contributed by atoms with van der Waals surface area (Å²) in [6, 6.07) is 14.8. The van der Waals surface area contributed by atoms with Crippen molar-refractivity contribution in [2.75, 3.05) is 19.8 Å². The van der Waals surface area contributed by atoms with E-state index in [2.05, 4.69) is 5.32 Å². The summed E-state index contributed by atoms with van der Waals surface area (Å²) >= 11 is 6.02. The Hall–Kier alpha value is -2.73. The molecule has 7 heteroatoms. The van der Waals surface area contributed by atoms with E-state index in [9.17, 15) is 9.59 Å². The number of hydrogen-bond acceptors (Lipinski definition) is 4. The summed E-state index contributed by atoms with van der Waals surface area (Å²) in [7, 11) is 0. The number of benzene rings is 2. The van der Waals surface area contributed by atoms with Gasteiger partial charge in [-0.2, -0.15) is 0 Å². The number of carboxylic acid groups (broad SMARTS) is 1. The minimum atomic E-state index is -0.978. The molecule has 0 aliphatic heterocycles. The van der Waals surface area contributed by atoms with E-state index < -0.39 is 5.97 Å². The van der Waals surface area contributed by atoms with Gasteiger partial charge in [0.05, 0.1) is 11.4 Å². The Kier molecular flexibility index (Phi) is 8.45. The number of para-hydroxylation sites is 1. The van der Waals surface area contributed by atoms with Crippen molar-refractivity contribution in [1.29, 1.82) is 0 Å². The van der Waals surface area contributed by atoms with E-state index in [1.54, 1.807) is 12.1 Å². The van der Waals surface area contributed by atoms with Gasteiger partial charge in [0.2, 0.25) is 5.91 Å². The van der Waals surface area contributed by atoms with Crippen molar-refractivity contribution in [3.05, 3.63) is 59.1 Å². The Morgan fingerprint density at radius 1 is 1.00 bits per heavy atom. The number of aliphatic carboxylic acids is 1. The highest BCUT2D eigenvalue weighted by Crippen LogP contribution is 2.23. The van der Waals surface area contributed by atoms with Gasteiger partial charge in [-0.15, -0.1) is 0 Å². The molecule has 0 unspecified atom stereocenters. The first-order chi connectivity index (χ1) is 13.0. The van der Waals surface area contributed by atoms with Crippen LogP contribution in [0.25, 0.3) is 0 Å². The second-order valence-corrected chi connectivity index (χ2v) is 6.18. The van der Waals surface area contributed by atoms with Gasteiger partial charge in [-0.3, -0.25) is 9.59 Å². The van der Waals surface area contributed by atoms with Crippen LogP contribution in [0.3, 0.4) is 0 Å². The second kappa shape index (κ2) is 11.1. The van der Waals surface area contributed by atoms with Crippen LogP contribution in [0, 0.1) is 0 Å². The van der Waals surface area contributed by atoms with E-state index in [0.29, 0.717) is 42.7 Å². The zero-order valence-electron chi connectivity index (χ0n) is 14.8. The third-order valence-electron chi connectivity index (χ3n) is 3.65. The molecule has 0 aliphatic rings. The lowest BCUT2D eigenvalue weighted by atomic mass is 10.1. The highest BCUT2D eigenvalue weighted by Gasteiger charge is 2.05. The topological polar surface area (TPSA) is 84.9 Å². The lowest BCUT2D eigenvalue weighted by molar-refractivity contribution is -0.138. The molecule has 2 N–H and O–H groups in total. The fourth-order valence-electron chi connectivity index (χ4n) is 2.32. The number of amides is 1. The lowest BCUT2D eigenvalue weighted by Gasteiger charge is -2.10. The van der Waals surface area contributed by atoms with Crippen LogP contribution in [0.5, 0.6) is 11.5 Å². The molecular formula is C20H22ClNO5. The quantitative estimate of drug-likeness (QED) is 0.574. The zero-order valence-corrected chi connectivity index (χ0v) is 15.6. The monoisotopic (exact) mass is 391 g/mol. The van der Waals surface area contributed by atoms with Crippen molar-refractivity contribution in [3.63, 3.8) is 0 Å². The molecule has 2 aromatic rings. The third kappa shape index (κ3) is 8.00. The lowest BCUT2D eigenvalue weighted by Crippen LogP contribution is -2.26. The standard InChI is InChI=1S/C20H22ClNO5/c21-17-6-1-2-7-18(17)27-13-12-26-16-5-3-4-15(14-16)10-11-22-19(23)8-9-20(24)25/h1-7,14H,8-13H2,(H,22,23)(H,24,25). The Morgan fingerprint density at radius 2 is 1.78 bits per heavy atom. The number of carbonyl (C=O) groups excluding carboxylic acids is 1. The van der Waals surface area contributed by atoms with Crippen LogP contribution < -0.4 is 14.8 Å². The summed E-state index contributed by atoms with van der Waals surface area (Å²) in [6.45, 7) is 1.19. The maximum atomic E-state index is 11.5. The first-order valence-corrected chi connectivity index (χ1v) is 9.00. The average Bonchev–Trinajstić information content (AvgIpc) is 2.65. The molecule has 0 heterocycles. The minimum absolute atomic E-state index is 0.0100. The van der Waals surface area contributed by atoms with Gasteiger partial charge in [0.15, 0.2) is 0 Å². The smallest absolute Gasteiger partial charge is 0.303 e. The molecule has 0 aromatic heterocycles. The van der Waals surface area contributed by atoms with Crippen LogP contribution in [0.15, 0.2) is 48.5 Å². The molecule has 144 valence electrons. The van der Waals surface area contributed by atoms with E-state index in [4.69, 9.17) is 26.2 Å². The van der Waals surface area contributed by atoms with Crippen LogP contribution in [0.2, 0.25) is 5.02 Å². The van der Waals surface area contributed by atoms with E-state index in [-0.39, 0.29) is 18.7 Å². The van der Waals surface area contributed by atoms with E-state index >= 15 is 0 Å². The first kappa shape index (κ1) is 20.6. The molecule has 6 nitrogen and oxygen atoms in total. The molecule has 0 aliphatic carbocycles. The van der Waals surface area contributed by atoms with Gasteiger partial charge < -0.3 is 19.9 Å². The normalized spacial score (nSPS) is 10.3. The molecule has 0 radical (unpaired) electrons. The van der Waals surface area contributed by atoms with Crippen LogP contribution >= 0.6 is 11.6 Å². The second-order valence-electron chi connectivity index (χ2n) is 5.77. The molecule has 0 saturated carbocycles. The van der Waals surface area contributed by atoms with Gasteiger partial charge in [0.1, 0.15) is 24.7 Å².